The minimum atomic E-state index is -0.111. The first-order chi connectivity index (χ1) is 11.4. The van der Waals surface area contributed by atoms with Gasteiger partial charge < -0.3 is 0 Å². The van der Waals surface area contributed by atoms with E-state index in [9.17, 15) is 0 Å². The third kappa shape index (κ3) is 3.53. The van der Waals surface area contributed by atoms with Crippen molar-refractivity contribution in [2.45, 2.75) is 27.7 Å². The molecule has 0 spiro atoms. The number of nitrogens with zero attached hydrogens (tertiary/aromatic N) is 2. The lowest BCUT2D eigenvalue weighted by Crippen LogP contribution is -2.17. The molecule has 0 aliphatic heterocycles. The smallest absolute Gasteiger partial charge is 0.0698 e. The van der Waals surface area contributed by atoms with Crippen LogP contribution in [0.3, 0.4) is 0 Å². The Bertz CT molecular complexity index is 794. The Balaban J connectivity index is 2.14. The molecule has 1 aliphatic rings. The molecule has 2 heterocycles. The largest absolute Gasteiger partial charge is 0.257 e. The van der Waals surface area contributed by atoms with Crippen molar-refractivity contribution in [1.82, 2.24) is 9.97 Å². The van der Waals surface area contributed by atoms with Crippen molar-refractivity contribution in [2.75, 3.05) is 0 Å². The van der Waals surface area contributed by atoms with Crippen LogP contribution in [0.2, 0.25) is 0 Å². The van der Waals surface area contributed by atoms with E-state index in [-0.39, 0.29) is 10.8 Å². The fourth-order valence-corrected chi connectivity index (χ4v) is 3.06. The molecule has 0 atom stereocenters. The van der Waals surface area contributed by atoms with Gasteiger partial charge in [0.2, 0.25) is 0 Å². The zero-order valence-corrected chi connectivity index (χ0v) is 14.8. The molecule has 2 aromatic heterocycles. The Kier molecular flexibility index (Phi) is 4.23. The van der Waals surface area contributed by atoms with E-state index in [1.165, 1.54) is 5.57 Å². The van der Waals surface area contributed by atoms with Crippen molar-refractivity contribution in [2.24, 2.45) is 10.8 Å². The van der Waals surface area contributed by atoms with Crippen LogP contribution in [0.5, 0.6) is 0 Å². The van der Waals surface area contributed by atoms with Crippen LogP contribution in [0.4, 0.5) is 0 Å². The Morgan fingerprint density at radius 1 is 0.750 bits per heavy atom. The summed E-state index contributed by atoms with van der Waals surface area (Å²) < 4.78 is 0. The third-order valence-corrected chi connectivity index (χ3v) is 4.32. The van der Waals surface area contributed by atoms with Gasteiger partial charge in [0.1, 0.15) is 0 Å². The normalized spacial score (nSPS) is 24.7. The van der Waals surface area contributed by atoms with Gasteiger partial charge in [0.05, 0.1) is 11.4 Å². The lowest BCUT2D eigenvalue weighted by Gasteiger charge is -2.30. The molecule has 0 bridgehead atoms. The molecular formula is C22H24N2. The van der Waals surface area contributed by atoms with Crippen molar-refractivity contribution in [3.63, 3.8) is 0 Å². The maximum atomic E-state index is 4.58. The summed E-state index contributed by atoms with van der Waals surface area (Å²) in [6.45, 7) is 8.94. The van der Waals surface area contributed by atoms with E-state index in [2.05, 4.69) is 74.1 Å². The fraction of sp³-hybridized carbons (Fsp3) is 0.273. The van der Waals surface area contributed by atoms with Gasteiger partial charge in [-0.2, -0.15) is 0 Å². The Labute approximate surface area is 144 Å². The molecule has 0 unspecified atom stereocenters. The molecule has 1 aliphatic carbocycles. The molecule has 0 amide bonds. The maximum Gasteiger partial charge on any atom is 0.0698 e. The quantitative estimate of drug-likeness (QED) is 0.724. The number of hydrogen-bond acceptors (Lipinski definition) is 2. The van der Waals surface area contributed by atoms with Crippen molar-refractivity contribution in [1.29, 1.82) is 0 Å². The predicted octanol–water partition coefficient (Wildman–Crippen LogP) is 5.57. The predicted molar refractivity (Wildman–Crippen MR) is 101 cm³/mol. The van der Waals surface area contributed by atoms with Crippen LogP contribution in [0, 0.1) is 10.8 Å². The van der Waals surface area contributed by atoms with Gasteiger partial charge in [0.15, 0.2) is 0 Å². The Morgan fingerprint density at radius 2 is 1.38 bits per heavy atom. The summed E-state index contributed by atoms with van der Waals surface area (Å²) in [5, 5.41) is 0. The molecule has 0 N–H and O–H groups in total. The first-order valence-electron chi connectivity index (χ1n) is 8.36. The number of allylic oxidation sites excluding steroid dienone is 6. The molecule has 2 nitrogen and oxygen atoms in total. The number of rotatable bonds is 2. The summed E-state index contributed by atoms with van der Waals surface area (Å²) in [6, 6.07) is 12.1. The van der Waals surface area contributed by atoms with Gasteiger partial charge in [0, 0.05) is 23.2 Å². The Hall–Kier alpha value is -2.48. The fourth-order valence-electron chi connectivity index (χ4n) is 3.06. The van der Waals surface area contributed by atoms with Gasteiger partial charge >= 0.3 is 0 Å². The maximum absolute atomic E-state index is 4.58. The van der Waals surface area contributed by atoms with E-state index in [0.717, 1.165) is 17.0 Å². The standard InChI is InChI=1S/C22H24N2/c1-21(2)15-17(19-9-5-7-13-23-19)11-12-22(3,4)18(16-21)20-10-6-8-14-24-20/h5-16H,1-4H3/b12-11-,17-15+,18-16-. The zero-order valence-electron chi connectivity index (χ0n) is 14.8. The molecule has 24 heavy (non-hydrogen) atoms. The Morgan fingerprint density at radius 3 is 1.96 bits per heavy atom. The van der Waals surface area contributed by atoms with Crippen LogP contribution < -0.4 is 0 Å². The summed E-state index contributed by atoms with van der Waals surface area (Å²) in [6.07, 6.45) is 12.8. The SMILES string of the molecule is CC1(C)/C=C(c2ccccn2)\C=C/C(C)(C)/C(c2ccccn2)=C\1. The summed E-state index contributed by atoms with van der Waals surface area (Å²) in [5.74, 6) is 0. The average Bonchev–Trinajstić information content (AvgIpc) is 2.57. The van der Waals surface area contributed by atoms with Crippen molar-refractivity contribution in [3.05, 3.63) is 84.5 Å². The van der Waals surface area contributed by atoms with Crippen molar-refractivity contribution >= 4 is 11.1 Å². The van der Waals surface area contributed by atoms with E-state index in [4.69, 9.17) is 0 Å². The first kappa shape index (κ1) is 16.4. The molecule has 0 saturated carbocycles. The third-order valence-electron chi connectivity index (χ3n) is 4.32. The van der Waals surface area contributed by atoms with Crippen LogP contribution in [0.25, 0.3) is 11.1 Å². The van der Waals surface area contributed by atoms with Crippen molar-refractivity contribution < 1.29 is 0 Å². The average molecular weight is 316 g/mol. The highest BCUT2D eigenvalue weighted by Gasteiger charge is 2.27. The summed E-state index contributed by atoms with van der Waals surface area (Å²) in [5.41, 5.74) is 4.25. The molecular weight excluding hydrogens is 292 g/mol. The van der Waals surface area contributed by atoms with E-state index in [0.29, 0.717) is 0 Å². The lowest BCUT2D eigenvalue weighted by atomic mass is 9.74. The van der Waals surface area contributed by atoms with Gasteiger partial charge in [-0.05, 0) is 35.4 Å². The molecule has 2 aromatic rings. The zero-order chi connectivity index (χ0) is 17.2. The molecule has 3 rings (SSSR count). The van der Waals surface area contributed by atoms with Gasteiger partial charge in [-0.1, -0.05) is 64.1 Å². The van der Waals surface area contributed by atoms with Gasteiger partial charge in [-0.3, -0.25) is 9.97 Å². The molecule has 122 valence electrons. The topological polar surface area (TPSA) is 25.8 Å². The van der Waals surface area contributed by atoms with E-state index in [1.54, 1.807) is 0 Å². The highest BCUT2D eigenvalue weighted by molar-refractivity contribution is 5.77. The minimum Gasteiger partial charge on any atom is -0.257 e. The van der Waals surface area contributed by atoms with Gasteiger partial charge in [-0.25, -0.2) is 0 Å². The highest BCUT2D eigenvalue weighted by Crippen LogP contribution is 2.41. The number of hydrogen-bond donors (Lipinski definition) is 0. The van der Waals surface area contributed by atoms with E-state index in [1.807, 2.05) is 36.7 Å². The van der Waals surface area contributed by atoms with Gasteiger partial charge in [0.25, 0.3) is 0 Å². The van der Waals surface area contributed by atoms with Crippen LogP contribution in [0.15, 0.2) is 73.1 Å². The second-order valence-corrected chi connectivity index (χ2v) is 7.46. The van der Waals surface area contributed by atoms with Crippen LogP contribution >= 0.6 is 0 Å². The van der Waals surface area contributed by atoms with E-state index < -0.39 is 0 Å². The molecule has 0 saturated heterocycles. The van der Waals surface area contributed by atoms with Crippen LogP contribution in [0.1, 0.15) is 39.1 Å². The van der Waals surface area contributed by atoms with E-state index >= 15 is 0 Å². The first-order valence-corrected chi connectivity index (χ1v) is 8.36. The van der Waals surface area contributed by atoms with Crippen LogP contribution in [-0.4, -0.2) is 9.97 Å². The second kappa shape index (κ2) is 6.20. The molecule has 0 radical (unpaired) electrons. The summed E-state index contributed by atoms with van der Waals surface area (Å²) >= 11 is 0. The number of pyridine rings is 2. The second-order valence-electron chi connectivity index (χ2n) is 7.46. The lowest BCUT2D eigenvalue weighted by molar-refractivity contribution is 0.592. The van der Waals surface area contributed by atoms with Crippen LogP contribution in [-0.2, 0) is 0 Å². The monoisotopic (exact) mass is 316 g/mol. The highest BCUT2D eigenvalue weighted by atomic mass is 14.7. The molecule has 2 heteroatoms. The van der Waals surface area contributed by atoms with Crippen molar-refractivity contribution in [3.8, 4) is 0 Å². The molecule has 0 fully saturated rings. The molecule has 0 aromatic carbocycles. The summed E-state index contributed by atoms with van der Waals surface area (Å²) in [7, 11) is 0. The minimum absolute atomic E-state index is 0.0955. The number of aromatic nitrogens is 2. The van der Waals surface area contributed by atoms with Gasteiger partial charge in [-0.15, -0.1) is 0 Å². The summed E-state index contributed by atoms with van der Waals surface area (Å²) in [4.78, 5) is 9.09.